The van der Waals surface area contributed by atoms with Gasteiger partial charge >= 0.3 is 0 Å². The van der Waals surface area contributed by atoms with Gasteiger partial charge in [0, 0.05) is 0 Å². The van der Waals surface area contributed by atoms with Crippen molar-refractivity contribution >= 4 is 34.0 Å². The van der Waals surface area contributed by atoms with Crippen LogP contribution in [0.2, 0.25) is 13.6 Å². The molecule has 0 radical (unpaired) electrons. The van der Waals surface area contributed by atoms with Crippen molar-refractivity contribution in [3.05, 3.63) is 0 Å². The molecule has 5 heavy (non-hydrogen) atoms. The van der Waals surface area contributed by atoms with Gasteiger partial charge in [0.05, 0.1) is 0 Å². The minimum atomic E-state index is 0.854. The van der Waals surface area contributed by atoms with Gasteiger partial charge in [-0.3, -0.25) is 0 Å². The molecule has 0 aliphatic heterocycles. The lowest BCUT2D eigenvalue weighted by Gasteiger charge is -1.79. The first-order valence-corrected chi connectivity index (χ1v) is 3.16. The Morgan fingerprint density at radius 3 is 2.00 bits per heavy atom. The zero-order chi connectivity index (χ0) is 4.28. The molecule has 0 aromatic heterocycles. The second-order valence-electron chi connectivity index (χ2n) is 1.19. The zero-order valence-corrected chi connectivity index (χ0v) is 5.82. The molecule has 0 aromatic carbocycles. The highest BCUT2D eigenvalue weighted by molar-refractivity contribution is 14.1. The van der Waals surface area contributed by atoms with Gasteiger partial charge in [0.2, 0.25) is 0 Å². The van der Waals surface area contributed by atoms with E-state index < -0.39 is 0 Å². The summed E-state index contributed by atoms with van der Waals surface area (Å²) in [6.45, 7) is 4.40. The number of hydrogen-bond acceptors (Lipinski definition) is 0. The van der Waals surface area contributed by atoms with Gasteiger partial charge < -0.3 is 0 Å². The smallest absolute Gasteiger partial charge is 0.161 e. The fourth-order valence-electron chi connectivity index (χ4n) is 0. The third-order valence-electron chi connectivity index (χ3n) is 0.563. The lowest BCUT2D eigenvalue weighted by atomic mass is 9.42. The molecule has 0 atom stereocenters. The molecule has 0 N–H and O–H groups in total. The van der Waals surface area contributed by atoms with Crippen LogP contribution in [-0.2, 0) is 0 Å². The van der Waals surface area contributed by atoms with E-state index in [-0.39, 0.29) is 0 Å². The summed E-state index contributed by atoms with van der Waals surface area (Å²) in [5, 5.41) is 0. The molecule has 0 bridgehead atoms. The Hall–Kier alpha value is 0.860. The molecule has 0 aliphatic carbocycles. The maximum Gasteiger partial charge on any atom is 0.178 e. The Labute approximate surface area is 47.9 Å². The van der Waals surface area contributed by atoms with E-state index in [2.05, 4.69) is 36.0 Å². The largest absolute Gasteiger partial charge is 0.178 e. The van der Waals surface area contributed by atoms with Crippen molar-refractivity contribution in [3.8, 4) is 0 Å². The van der Waals surface area contributed by atoms with Crippen LogP contribution in [0.4, 0.5) is 0 Å². The van der Waals surface area contributed by atoms with Gasteiger partial charge in [-0.05, 0) is 0 Å². The van der Waals surface area contributed by atoms with E-state index in [9.17, 15) is 0 Å². The average molecular weight is 180 g/mol. The van der Waals surface area contributed by atoms with E-state index in [1.165, 1.54) is 7.17 Å². The Balaban J connectivity index is 2.54. The minimum Gasteiger partial charge on any atom is -0.161 e. The maximum atomic E-state index is 2.41. The molecule has 0 aromatic rings. The molecule has 0 aliphatic rings. The summed E-state index contributed by atoms with van der Waals surface area (Å²) in [5.74, 6) is 0. The molecule has 3 heteroatoms. The summed E-state index contributed by atoms with van der Waals surface area (Å²) in [5.41, 5.74) is 0. The molecule has 0 heterocycles. The van der Waals surface area contributed by atoms with Crippen LogP contribution in [0.5, 0.6) is 0 Å². The average Bonchev–Trinajstić information content (AvgIpc) is 1.38. The van der Waals surface area contributed by atoms with Crippen molar-refractivity contribution in [3.63, 3.8) is 0 Å². The van der Waals surface area contributed by atoms with E-state index in [1.54, 1.807) is 0 Å². The third kappa shape index (κ3) is 4.86. The number of hydrogen-bond donors (Lipinski definition) is 0. The van der Waals surface area contributed by atoms with Crippen molar-refractivity contribution in [2.75, 3.05) is 0 Å². The quantitative estimate of drug-likeness (QED) is 0.417. The monoisotopic (exact) mass is 180 g/mol. The van der Waals surface area contributed by atoms with Gasteiger partial charge in [-0.25, -0.2) is 0 Å². The van der Waals surface area contributed by atoms with Gasteiger partial charge in [-0.15, -0.1) is 0 Å². The molecule has 0 amide bonds. The summed E-state index contributed by atoms with van der Waals surface area (Å²) < 4.78 is 0.854. The highest BCUT2D eigenvalue weighted by atomic mass is 127. The lowest BCUT2D eigenvalue weighted by molar-refractivity contribution is 2.28. The molecule has 0 saturated heterocycles. The highest BCUT2D eigenvalue weighted by Gasteiger charge is 1.92. The van der Waals surface area contributed by atoms with Crippen molar-refractivity contribution in [2.45, 2.75) is 13.6 Å². The molecule has 0 spiro atoms. The standard InChI is InChI=1S/C2H7B2I/c1-3-4(2)5/h3H,1-2H3. The van der Waals surface area contributed by atoms with Crippen LogP contribution in [0.25, 0.3) is 0 Å². The predicted octanol–water partition coefficient (Wildman–Crippen LogP) is 1.02. The molecule has 0 unspecified atom stereocenters. The van der Waals surface area contributed by atoms with E-state index in [0.717, 1.165) is 4.46 Å². The summed E-state index contributed by atoms with van der Waals surface area (Å²) in [6.07, 6.45) is 0. The van der Waals surface area contributed by atoms with Crippen LogP contribution >= 0.6 is 22.4 Å². The van der Waals surface area contributed by atoms with Crippen molar-refractivity contribution in [1.29, 1.82) is 0 Å². The lowest BCUT2D eigenvalue weighted by Crippen LogP contribution is -2.02. The maximum absolute atomic E-state index is 2.41. The summed E-state index contributed by atoms with van der Waals surface area (Å²) in [4.78, 5) is 0. The summed E-state index contributed by atoms with van der Waals surface area (Å²) in [7, 11) is 1.29. The van der Waals surface area contributed by atoms with Crippen LogP contribution in [0.15, 0.2) is 0 Å². The molecule has 0 saturated carbocycles. The molecular weight excluding hydrogens is 173 g/mol. The van der Waals surface area contributed by atoms with Gasteiger partial charge in [0.15, 0.2) is 4.46 Å². The van der Waals surface area contributed by atoms with Gasteiger partial charge in [-0.1, -0.05) is 13.6 Å². The number of halogens is 1. The first-order chi connectivity index (χ1) is 2.27. The van der Waals surface area contributed by atoms with Crippen molar-refractivity contribution < 1.29 is 0 Å². The predicted molar refractivity (Wildman–Crippen MR) is 38.7 cm³/mol. The normalized spacial score (nSPS) is 7.00. The topological polar surface area (TPSA) is 0 Å². The van der Waals surface area contributed by atoms with Gasteiger partial charge in [-0.2, -0.15) is 22.4 Å². The second kappa shape index (κ2) is 3.07. The molecule has 28 valence electrons. The molecular formula is C2H7B2I. The third-order valence-corrected chi connectivity index (χ3v) is 1.44. The zero-order valence-electron chi connectivity index (χ0n) is 3.66. The molecule has 0 rings (SSSR count). The Bertz CT molecular complexity index is 21.6. The summed E-state index contributed by atoms with van der Waals surface area (Å²) in [6, 6.07) is 0. The van der Waals surface area contributed by atoms with E-state index >= 15 is 0 Å². The van der Waals surface area contributed by atoms with Gasteiger partial charge in [0.1, 0.15) is 7.17 Å². The van der Waals surface area contributed by atoms with Crippen LogP contribution in [0, 0.1) is 0 Å². The molecule has 0 nitrogen and oxygen atoms in total. The van der Waals surface area contributed by atoms with Crippen molar-refractivity contribution in [2.24, 2.45) is 0 Å². The van der Waals surface area contributed by atoms with Crippen LogP contribution < -0.4 is 0 Å². The van der Waals surface area contributed by atoms with E-state index in [0.29, 0.717) is 0 Å². The van der Waals surface area contributed by atoms with E-state index in [1.807, 2.05) is 0 Å². The fraction of sp³-hybridized carbons (Fsp3) is 1.00. The van der Waals surface area contributed by atoms with Gasteiger partial charge in [0.25, 0.3) is 0 Å². The Morgan fingerprint density at radius 2 is 2.00 bits per heavy atom. The van der Waals surface area contributed by atoms with Crippen LogP contribution in [0.1, 0.15) is 0 Å². The van der Waals surface area contributed by atoms with Crippen LogP contribution in [0.3, 0.4) is 0 Å². The number of rotatable bonds is 1. The summed E-state index contributed by atoms with van der Waals surface area (Å²) >= 11 is 2.41. The SMILES string of the molecule is CBB(C)I. The highest BCUT2D eigenvalue weighted by Crippen LogP contribution is 1.86. The molecule has 0 fully saturated rings. The first-order valence-electron chi connectivity index (χ1n) is 1.91. The minimum absolute atomic E-state index is 0.854. The Morgan fingerprint density at radius 1 is 1.80 bits per heavy atom. The first kappa shape index (κ1) is 5.86. The van der Waals surface area contributed by atoms with E-state index in [4.69, 9.17) is 0 Å². The fourth-order valence-corrected chi connectivity index (χ4v) is 0. The van der Waals surface area contributed by atoms with Crippen LogP contribution in [-0.4, -0.2) is 11.6 Å². The van der Waals surface area contributed by atoms with Crippen molar-refractivity contribution in [1.82, 2.24) is 0 Å². The Kier molecular flexibility index (Phi) is 3.59. The second-order valence-corrected chi connectivity index (χ2v) is 3.32.